The Morgan fingerprint density at radius 1 is 1.10 bits per heavy atom. The van der Waals surface area contributed by atoms with Gasteiger partial charge in [-0.05, 0) is 42.0 Å². The summed E-state index contributed by atoms with van der Waals surface area (Å²) in [5, 5.41) is 11.4. The van der Waals surface area contributed by atoms with E-state index >= 15 is 0 Å². The van der Waals surface area contributed by atoms with E-state index in [0.29, 0.717) is 19.4 Å². The normalized spacial score (nSPS) is 18.4. The lowest BCUT2D eigenvalue weighted by atomic mass is 9.98. The summed E-state index contributed by atoms with van der Waals surface area (Å²) < 4.78 is 5.65. The lowest BCUT2D eigenvalue weighted by Gasteiger charge is -2.25. The molecule has 0 aromatic heterocycles. The van der Waals surface area contributed by atoms with Gasteiger partial charge >= 0.3 is 12.1 Å². The van der Waals surface area contributed by atoms with E-state index in [0.717, 1.165) is 22.3 Å². The standard InChI is InChI=1S/C23H24N2O5/c1-14(22(27)28)24-21(26)20-11-6-12-25(20)23(29)30-13-19-17-9-4-2-7-15(17)16-8-3-5-10-18(16)19/h2-5,7-10,14,19-20H,6,11-13H2,1H3,(H,24,26)(H,27,28)/t14-,20-/m0/s1. The average molecular weight is 408 g/mol. The SMILES string of the molecule is C[C@H](NC(=O)[C@@H]1CCCN1C(=O)OCC1c2ccccc2-c2ccccc21)C(=O)O. The summed E-state index contributed by atoms with van der Waals surface area (Å²) in [6, 6.07) is 14.5. The van der Waals surface area contributed by atoms with E-state index in [-0.39, 0.29) is 12.5 Å². The van der Waals surface area contributed by atoms with Crippen molar-refractivity contribution in [3.63, 3.8) is 0 Å². The molecule has 0 unspecified atom stereocenters. The molecule has 1 aliphatic heterocycles. The summed E-state index contributed by atoms with van der Waals surface area (Å²) in [6.45, 7) is 1.99. The Balaban J connectivity index is 1.45. The number of ether oxygens (including phenoxy) is 1. The molecule has 0 bridgehead atoms. The van der Waals surface area contributed by atoms with Crippen LogP contribution in [0.3, 0.4) is 0 Å². The molecule has 2 amide bonds. The van der Waals surface area contributed by atoms with E-state index in [1.807, 2.05) is 36.4 Å². The van der Waals surface area contributed by atoms with Crippen LogP contribution >= 0.6 is 0 Å². The van der Waals surface area contributed by atoms with Crippen LogP contribution in [-0.2, 0) is 14.3 Å². The molecule has 2 aromatic rings. The van der Waals surface area contributed by atoms with Crippen molar-refractivity contribution in [2.45, 2.75) is 37.8 Å². The van der Waals surface area contributed by atoms with Crippen molar-refractivity contribution in [1.82, 2.24) is 10.2 Å². The fourth-order valence-corrected chi connectivity index (χ4v) is 4.31. The maximum Gasteiger partial charge on any atom is 0.410 e. The zero-order chi connectivity index (χ0) is 21.3. The van der Waals surface area contributed by atoms with E-state index < -0.39 is 30.1 Å². The molecule has 0 saturated carbocycles. The molecule has 0 spiro atoms. The molecular formula is C23H24N2O5. The summed E-state index contributed by atoms with van der Waals surface area (Å²) in [5.41, 5.74) is 4.54. The van der Waals surface area contributed by atoms with Crippen LogP contribution in [0.5, 0.6) is 0 Å². The molecule has 30 heavy (non-hydrogen) atoms. The second kappa shape index (κ2) is 8.18. The Hall–Kier alpha value is -3.35. The van der Waals surface area contributed by atoms with Gasteiger partial charge in [0.1, 0.15) is 18.7 Å². The van der Waals surface area contributed by atoms with Crippen molar-refractivity contribution in [3.05, 3.63) is 59.7 Å². The van der Waals surface area contributed by atoms with Crippen LogP contribution in [0.15, 0.2) is 48.5 Å². The first-order valence-corrected chi connectivity index (χ1v) is 10.1. The second-order valence-electron chi connectivity index (χ2n) is 7.72. The van der Waals surface area contributed by atoms with Crippen molar-refractivity contribution in [2.24, 2.45) is 0 Å². The number of carbonyl (C=O) groups excluding carboxylic acids is 2. The Kier molecular flexibility index (Phi) is 5.44. The lowest BCUT2D eigenvalue weighted by Crippen LogP contribution is -2.50. The number of rotatable bonds is 5. The molecule has 1 fully saturated rings. The fourth-order valence-electron chi connectivity index (χ4n) is 4.31. The molecular weight excluding hydrogens is 384 g/mol. The second-order valence-corrected chi connectivity index (χ2v) is 7.72. The predicted molar refractivity (Wildman–Crippen MR) is 110 cm³/mol. The molecule has 7 nitrogen and oxygen atoms in total. The number of carboxylic acids is 1. The van der Waals surface area contributed by atoms with Crippen molar-refractivity contribution >= 4 is 18.0 Å². The van der Waals surface area contributed by atoms with Gasteiger partial charge in [-0.2, -0.15) is 0 Å². The lowest BCUT2D eigenvalue weighted by molar-refractivity contribution is -0.141. The van der Waals surface area contributed by atoms with Crippen molar-refractivity contribution < 1.29 is 24.2 Å². The van der Waals surface area contributed by atoms with E-state index in [2.05, 4.69) is 17.4 Å². The van der Waals surface area contributed by atoms with Crippen LogP contribution in [0.25, 0.3) is 11.1 Å². The monoisotopic (exact) mass is 408 g/mol. The number of fused-ring (bicyclic) bond motifs is 3. The van der Waals surface area contributed by atoms with Gasteiger partial charge in [-0.1, -0.05) is 48.5 Å². The molecule has 2 aromatic carbocycles. The van der Waals surface area contributed by atoms with E-state index in [1.165, 1.54) is 11.8 Å². The summed E-state index contributed by atoms with van der Waals surface area (Å²) >= 11 is 0. The molecule has 7 heteroatoms. The molecule has 2 aliphatic rings. The van der Waals surface area contributed by atoms with Gasteiger partial charge in [0.15, 0.2) is 0 Å². The number of carboxylic acid groups (broad SMARTS) is 1. The van der Waals surface area contributed by atoms with Crippen LogP contribution in [0.1, 0.15) is 36.8 Å². The summed E-state index contributed by atoms with van der Waals surface area (Å²) in [5.74, 6) is -1.63. The summed E-state index contributed by atoms with van der Waals surface area (Å²) in [7, 11) is 0. The first-order valence-electron chi connectivity index (χ1n) is 10.1. The first-order chi connectivity index (χ1) is 14.5. The number of likely N-dealkylation sites (tertiary alicyclic amines) is 1. The Labute approximate surface area is 174 Å². The highest BCUT2D eigenvalue weighted by molar-refractivity contribution is 5.89. The number of nitrogens with zero attached hydrogens (tertiary/aromatic N) is 1. The van der Waals surface area contributed by atoms with Gasteiger partial charge in [0.05, 0.1) is 0 Å². The van der Waals surface area contributed by atoms with Gasteiger partial charge in [0.25, 0.3) is 0 Å². The number of hydrogen-bond donors (Lipinski definition) is 2. The van der Waals surface area contributed by atoms with Gasteiger partial charge in [-0.3, -0.25) is 14.5 Å². The van der Waals surface area contributed by atoms with Crippen LogP contribution in [0.4, 0.5) is 4.79 Å². The van der Waals surface area contributed by atoms with E-state index in [4.69, 9.17) is 9.84 Å². The molecule has 2 atom stereocenters. The number of aliphatic carboxylic acids is 1. The van der Waals surface area contributed by atoms with Crippen LogP contribution in [0.2, 0.25) is 0 Å². The van der Waals surface area contributed by atoms with Crippen LogP contribution < -0.4 is 5.32 Å². The third-order valence-electron chi connectivity index (χ3n) is 5.86. The third kappa shape index (κ3) is 3.63. The Bertz CT molecular complexity index is 944. The summed E-state index contributed by atoms with van der Waals surface area (Å²) in [4.78, 5) is 37.6. The molecule has 1 heterocycles. The molecule has 1 aliphatic carbocycles. The van der Waals surface area contributed by atoms with Crippen molar-refractivity contribution in [1.29, 1.82) is 0 Å². The number of nitrogens with one attached hydrogen (secondary N) is 1. The number of hydrogen-bond acceptors (Lipinski definition) is 4. The van der Waals surface area contributed by atoms with Crippen molar-refractivity contribution in [3.8, 4) is 11.1 Å². The zero-order valence-corrected chi connectivity index (χ0v) is 16.7. The van der Waals surface area contributed by atoms with Gasteiger partial charge in [-0.15, -0.1) is 0 Å². The van der Waals surface area contributed by atoms with Crippen LogP contribution in [0, 0.1) is 0 Å². The zero-order valence-electron chi connectivity index (χ0n) is 16.7. The van der Waals surface area contributed by atoms with Crippen LogP contribution in [-0.4, -0.2) is 53.2 Å². The predicted octanol–water partition coefficient (Wildman–Crippen LogP) is 2.99. The number of carbonyl (C=O) groups is 3. The molecule has 4 rings (SSSR count). The van der Waals surface area contributed by atoms with E-state index in [1.54, 1.807) is 0 Å². The minimum absolute atomic E-state index is 0.0525. The largest absolute Gasteiger partial charge is 0.480 e. The maximum atomic E-state index is 12.8. The van der Waals surface area contributed by atoms with E-state index in [9.17, 15) is 14.4 Å². The average Bonchev–Trinajstić information content (AvgIpc) is 3.35. The smallest absolute Gasteiger partial charge is 0.410 e. The van der Waals surface area contributed by atoms with Gasteiger partial charge in [0.2, 0.25) is 5.91 Å². The highest BCUT2D eigenvalue weighted by atomic mass is 16.6. The van der Waals surface area contributed by atoms with Crippen molar-refractivity contribution in [2.75, 3.05) is 13.2 Å². The molecule has 1 saturated heterocycles. The highest BCUT2D eigenvalue weighted by Gasteiger charge is 2.37. The molecule has 2 N–H and O–H groups in total. The van der Waals surface area contributed by atoms with Gasteiger partial charge in [-0.25, -0.2) is 4.79 Å². The molecule has 0 radical (unpaired) electrons. The Morgan fingerprint density at radius 3 is 2.30 bits per heavy atom. The number of benzene rings is 2. The van der Waals surface area contributed by atoms with Gasteiger partial charge < -0.3 is 15.2 Å². The maximum absolute atomic E-state index is 12.8. The minimum Gasteiger partial charge on any atom is -0.480 e. The topological polar surface area (TPSA) is 95.9 Å². The molecule has 156 valence electrons. The first kappa shape index (κ1) is 19.9. The third-order valence-corrected chi connectivity index (χ3v) is 5.86. The highest BCUT2D eigenvalue weighted by Crippen LogP contribution is 2.44. The van der Waals surface area contributed by atoms with Gasteiger partial charge in [0, 0.05) is 12.5 Å². The quantitative estimate of drug-likeness (QED) is 0.793. The fraction of sp³-hybridized carbons (Fsp3) is 0.348. The Morgan fingerprint density at radius 2 is 1.70 bits per heavy atom. The number of amides is 2. The minimum atomic E-state index is -1.12. The summed E-state index contributed by atoms with van der Waals surface area (Å²) in [6.07, 6.45) is 0.615.